The molecular formula is C19H30MgO4. The topological polar surface area (TPSA) is 74.6 Å². The number of aliphatic carboxylic acids is 2. The van der Waals surface area contributed by atoms with Crippen LogP contribution in [0, 0.1) is 0 Å². The third-order valence-electron chi connectivity index (χ3n) is 4.40. The van der Waals surface area contributed by atoms with Crippen molar-refractivity contribution in [2.75, 3.05) is 0 Å². The van der Waals surface area contributed by atoms with E-state index in [-0.39, 0.29) is 32.3 Å². The molecular weight excluding hydrogens is 317 g/mol. The van der Waals surface area contributed by atoms with Gasteiger partial charge >= 0.3 is 35.0 Å². The molecule has 0 atom stereocenters. The van der Waals surface area contributed by atoms with Gasteiger partial charge in [-0.15, -0.1) is 0 Å². The van der Waals surface area contributed by atoms with Crippen molar-refractivity contribution in [1.29, 1.82) is 0 Å². The first-order valence-corrected chi connectivity index (χ1v) is 8.58. The third-order valence-corrected chi connectivity index (χ3v) is 4.40. The Morgan fingerprint density at radius 1 is 0.875 bits per heavy atom. The van der Waals surface area contributed by atoms with Gasteiger partial charge in [0.05, 0.1) is 0 Å². The standard InChI is InChI=1S/C19H28O4.Mg.2H/c1-2-3-4-5-6-7-8-12-15-19(17(20)21,18(22)23)16-13-10-9-11-14-16;;;/h9-11,13-14H,2-8,12,15H2,1H3,(H,20,21)(H,22,23);;;/q;+2;2*-1. The normalized spacial score (nSPS) is 10.9. The van der Waals surface area contributed by atoms with Crippen LogP contribution in [-0.4, -0.2) is 45.2 Å². The fourth-order valence-corrected chi connectivity index (χ4v) is 2.94. The maximum atomic E-state index is 11.7. The maximum absolute atomic E-state index is 11.7. The summed E-state index contributed by atoms with van der Waals surface area (Å²) in [4.78, 5) is 23.4. The minimum absolute atomic E-state index is 0. The predicted molar refractivity (Wildman–Crippen MR) is 98.6 cm³/mol. The summed E-state index contributed by atoms with van der Waals surface area (Å²) in [5.41, 5.74) is -1.48. The first-order valence-electron chi connectivity index (χ1n) is 8.58. The Balaban J connectivity index is -0.00000176. The van der Waals surface area contributed by atoms with Crippen molar-refractivity contribution in [3.05, 3.63) is 35.9 Å². The number of hydrogen-bond donors (Lipinski definition) is 2. The fraction of sp³-hybridized carbons (Fsp3) is 0.579. The van der Waals surface area contributed by atoms with Crippen LogP contribution in [0.3, 0.4) is 0 Å². The first-order chi connectivity index (χ1) is 11.1. The van der Waals surface area contributed by atoms with E-state index in [1.807, 2.05) is 0 Å². The van der Waals surface area contributed by atoms with Gasteiger partial charge in [-0.1, -0.05) is 88.6 Å². The summed E-state index contributed by atoms with van der Waals surface area (Å²) >= 11 is 0. The van der Waals surface area contributed by atoms with Crippen LogP contribution >= 0.6 is 0 Å². The molecule has 4 nitrogen and oxygen atoms in total. The summed E-state index contributed by atoms with van der Waals surface area (Å²) in [5.74, 6) is -2.56. The Morgan fingerprint density at radius 3 is 1.79 bits per heavy atom. The second kappa shape index (κ2) is 12.3. The smallest absolute Gasteiger partial charge is 1.00 e. The summed E-state index contributed by atoms with van der Waals surface area (Å²) in [7, 11) is 0. The SMILES string of the molecule is CCCCCCCCCCC(C(=O)O)(C(=O)O)c1ccccc1.[H-].[H-].[Mg+2]. The van der Waals surface area contributed by atoms with E-state index in [1.165, 1.54) is 25.7 Å². The Labute approximate surface area is 163 Å². The molecule has 0 saturated carbocycles. The molecule has 0 aliphatic rings. The van der Waals surface area contributed by atoms with Gasteiger partial charge in [-0.3, -0.25) is 9.59 Å². The third kappa shape index (κ3) is 6.44. The zero-order valence-corrected chi connectivity index (χ0v) is 16.1. The quantitative estimate of drug-likeness (QED) is 0.332. The average Bonchev–Trinajstić information content (AvgIpc) is 2.54. The maximum Gasteiger partial charge on any atom is 2.00 e. The number of carboxylic acids is 2. The van der Waals surface area contributed by atoms with Crippen LogP contribution in [0.25, 0.3) is 0 Å². The molecule has 132 valence electrons. The van der Waals surface area contributed by atoms with Gasteiger partial charge < -0.3 is 13.1 Å². The van der Waals surface area contributed by atoms with Crippen LogP contribution in [0.5, 0.6) is 0 Å². The van der Waals surface area contributed by atoms with Gasteiger partial charge in [-0.2, -0.15) is 0 Å². The van der Waals surface area contributed by atoms with Crippen molar-refractivity contribution in [3.8, 4) is 0 Å². The van der Waals surface area contributed by atoms with Gasteiger partial charge in [0.1, 0.15) is 0 Å². The van der Waals surface area contributed by atoms with Crippen LogP contribution in [0.4, 0.5) is 0 Å². The number of hydrogen-bond acceptors (Lipinski definition) is 2. The van der Waals surface area contributed by atoms with E-state index in [2.05, 4.69) is 6.92 Å². The van der Waals surface area contributed by atoms with E-state index in [1.54, 1.807) is 30.3 Å². The molecule has 0 aromatic heterocycles. The molecule has 0 heterocycles. The number of rotatable bonds is 12. The van der Waals surface area contributed by atoms with Crippen molar-refractivity contribution in [2.45, 2.75) is 70.1 Å². The molecule has 1 aromatic carbocycles. The minimum atomic E-state index is -1.83. The summed E-state index contributed by atoms with van der Waals surface area (Å²) in [5, 5.41) is 19.1. The number of carboxylic acid groups (broad SMARTS) is 2. The first kappa shape index (κ1) is 22.9. The second-order valence-corrected chi connectivity index (χ2v) is 6.11. The largest absolute Gasteiger partial charge is 2.00 e. The molecule has 0 bridgehead atoms. The molecule has 1 rings (SSSR count). The molecule has 0 fully saturated rings. The summed E-state index contributed by atoms with van der Waals surface area (Å²) in [6.45, 7) is 2.18. The van der Waals surface area contributed by atoms with Gasteiger partial charge in [0.25, 0.3) is 0 Å². The van der Waals surface area contributed by atoms with E-state index in [0.717, 1.165) is 19.3 Å². The van der Waals surface area contributed by atoms with Gasteiger partial charge in [0.2, 0.25) is 0 Å². The molecule has 0 aliphatic carbocycles. The Kier molecular flexibility index (Phi) is 11.8. The monoisotopic (exact) mass is 346 g/mol. The van der Waals surface area contributed by atoms with E-state index < -0.39 is 17.4 Å². The van der Waals surface area contributed by atoms with Crippen LogP contribution in [-0.2, 0) is 15.0 Å². The van der Waals surface area contributed by atoms with Crippen LogP contribution in [0.2, 0.25) is 0 Å². The molecule has 24 heavy (non-hydrogen) atoms. The van der Waals surface area contributed by atoms with E-state index in [0.29, 0.717) is 12.0 Å². The van der Waals surface area contributed by atoms with Crippen molar-refractivity contribution in [3.63, 3.8) is 0 Å². The zero-order valence-electron chi connectivity index (χ0n) is 16.7. The Hall–Kier alpha value is -1.07. The van der Waals surface area contributed by atoms with Gasteiger partial charge in [-0.25, -0.2) is 0 Å². The Morgan fingerprint density at radius 2 is 1.33 bits per heavy atom. The molecule has 0 amide bonds. The molecule has 1 aromatic rings. The minimum Gasteiger partial charge on any atom is -1.00 e. The van der Waals surface area contributed by atoms with E-state index in [4.69, 9.17) is 0 Å². The van der Waals surface area contributed by atoms with Crippen molar-refractivity contribution >= 4 is 35.0 Å². The van der Waals surface area contributed by atoms with Crippen molar-refractivity contribution < 1.29 is 22.7 Å². The molecule has 0 saturated heterocycles. The van der Waals surface area contributed by atoms with Crippen molar-refractivity contribution in [1.82, 2.24) is 0 Å². The van der Waals surface area contributed by atoms with E-state index in [9.17, 15) is 19.8 Å². The van der Waals surface area contributed by atoms with Gasteiger partial charge in [0, 0.05) is 0 Å². The average molecular weight is 347 g/mol. The number of carbonyl (C=O) groups is 2. The second-order valence-electron chi connectivity index (χ2n) is 6.11. The van der Waals surface area contributed by atoms with Crippen LogP contribution in [0.15, 0.2) is 30.3 Å². The fourth-order valence-electron chi connectivity index (χ4n) is 2.94. The summed E-state index contributed by atoms with van der Waals surface area (Å²) in [6, 6.07) is 8.31. The molecule has 0 spiro atoms. The van der Waals surface area contributed by atoms with Crippen LogP contribution < -0.4 is 0 Å². The molecule has 0 unspecified atom stereocenters. The zero-order chi connectivity index (χ0) is 17.1. The predicted octanol–water partition coefficient (Wildman–Crippen LogP) is 4.47. The molecule has 0 aliphatic heterocycles. The summed E-state index contributed by atoms with van der Waals surface area (Å²) < 4.78 is 0. The van der Waals surface area contributed by atoms with Crippen molar-refractivity contribution in [2.24, 2.45) is 0 Å². The Bertz CT molecular complexity index is 484. The number of benzene rings is 1. The number of unbranched alkanes of at least 4 members (excludes halogenated alkanes) is 7. The van der Waals surface area contributed by atoms with E-state index >= 15 is 0 Å². The molecule has 5 heteroatoms. The summed E-state index contributed by atoms with van der Waals surface area (Å²) in [6.07, 6.45) is 8.72. The van der Waals surface area contributed by atoms with Gasteiger partial charge in [0.15, 0.2) is 5.41 Å². The molecule has 2 N–H and O–H groups in total. The van der Waals surface area contributed by atoms with Gasteiger partial charge in [-0.05, 0) is 12.0 Å². The molecule has 0 radical (unpaired) electrons. The van der Waals surface area contributed by atoms with Crippen LogP contribution in [0.1, 0.15) is 73.1 Å².